The minimum absolute atomic E-state index is 0.231. The number of amides is 2. The molecule has 2 fully saturated rings. The molecule has 4 aromatic rings. The van der Waals surface area contributed by atoms with Crippen molar-refractivity contribution < 1.29 is 27.8 Å². The summed E-state index contributed by atoms with van der Waals surface area (Å²) in [7, 11) is 0. The first kappa shape index (κ1) is 36.9. The van der Waals surface area contributed by atoms with Gasteiger partial charge in [-0.2, -0.15) is 0 Å². The monoisotopic (exact) mass is 734 g/mol. The number of benzene rings is 4. The Morgan fingerprint density at radius 1 is 0.574 bits per heavy atom. The van der Waals surface area contributed by atoms with Gasteiger partial charge in [-0.1, -0.05) is 24.3 Å². The van der Waals surface area contributed by atoms with Gasteiger partial charge < -0.3 is 30.7 Å². The van der Waals surface area contributed by atoms with Gasteiger partial charge in [-0.3, -0.25) is 19.4 Å². The summed E-state index contributed by atoms with van der Waals surface area (Å²) in [5, 5.41) is 11.7. The molecule has 10 nitrogen and oxygen atoms in total. The lowest BCUT2D eigenvalue weighted by atomic mass is 10.1. The van der Waals surface area contributed by atoms with Crippen molar-refractivity contribution in [3.8, 4) is 0 Å². The molecule has 0 unspecified atom stereocenters. The molecule has 4 aromatic carbocycles. The van der Waals surface area contributed by atoms with E-state index < -0.39 is 0 Å². The lowest BCUT2D eigenvalue weighted by Crippen LogP contribution is -2.37. The standard InChI is InChI=1S/2C21H22FN3O2/c22-16-3-6-20-18(13-16)19(21(26)24-20)14-23-17-4-1-15(2-5-17)7-8-25-9-11-27-12-10-25;22-16-3-6-18-19(21(26)24-20(18)13-16)14-23-17-4-1-15(2-5-17)7-8-25-9-11-27-12-10-25/h2*1-6,13-14,23H,7-12H2,(H,24,26)/b2*19-14-. The predicted molar refractivity (Wildman–Crippen MR) is 208 cm³/mol. The van der Waals surface area contributed by atoms with Gasteiger partial charge in [-0.25, -0.2) is 8.78 Å². The average molecular weight is 735 g/mol. The summed E-state index contributed by atoms with van der Waals surface area (Å²) in [6.45, 7) is 9.34. The van der Waals surface area contributed by atoms with Gasteiger partial charge in [0.1, 0.15) is 11.6 Å². The first-order valence-electron chi connectivity index (χ1n) is 18.3. The second-order valence-electron chi connectivity index (χ2n) is 13.5. The number of carbonyl (C=O) groups is 2. The van der Waals surface area contributed by atoms with Crippen molar-refractivity contribution in [2.45, 2.75) is 12.8 Å². The third-order valence-corrected chi connectivity index (χ3v) is 9.84. The van der Waals surface area contributed by atoms with Crippen molar-refractivity contribution in [2.24, 2.45) is 0 Å². The summed E-state index contributed by atoms with van der Waals surface area (Å²) < 4.78 is 37.5. The molecule has 4 aliphatic heterocycles. The zero-order valence-corrected chi connectivity index (χ0v) is 30.0. The third kappa shape index (κ3) is 9.57. The van der Waals surface area contributed by atoms with E-state index in [-0.39, 0.29) is 23.4 Å². The van der Waals surface area contributed by atoms with E-state index in [9.17, 15) is 18.4 Å². The number of carbonyl (C=O) groups excluding carboxylic acids is 2. The number of fused-ring (bicyclic) bond motifs is 2. The molecule has 8 rings (SSSR count). The molecule has 0 bridgehead atoms. The molecule has 54 heavy (non-hydrogen) atoms. The smallest absolute Gasteiger partial charge is 0.257 e. The average Bonchev–Trinajstić information content (AvgIpc) is 3.69. The molecule has 12 heteroatoms. The van der Waals surface area contributed by atoms with Crippen LogP contribution in [0.5, 0.6) is 0 Å². The number of morpholine rings is 2. The minimum atomic E-state index is -0.365. The molecule has 0 aromatic heterocycles. The van der Waals surface area contributed by atoms with E-state index in [0.717, 1.165) is 89.9 Å². The maximum Gasteiger partial charge on any atom is 0.257 e. The normalized spacial score (nSPS) is 18.4. The van der Waals surface area contributed by atoms with Crippen LogP contribution in [0.15, 0.2) is 97.3 Å². The van der Waals surface area contributed by atoms with E-state index in [1.165, 1.54) is 35.4 Å². The van der Waals surface area contributed by atoms with Crippen molar-refractivity contribution in [3.63, 3.8) is 0 Å². The second-order valence-corrected chi connectivity index (χ2v) is 13.5. The van der Waals surface area contributed by atoms with Crippen molar-refractivity contribution in [1.29, 1.82) is 0 Å². The first-order chi connectivity index (χ1) is 26.4. The molecule has 2 saturated heterocycles. The lowest BCUT2D eigenvalue weighted by Gasteiger charge is -2.26. The van der Waals surface area contributed by atoms with Crippen molar-refractivity contribution in [3.05, 3.63) is 131 Å². The van der Waals surface area contributed by atoms with Crippen LogP contribution >= 0.6 is 0 Å². The van der Waals surface area contributed by atoms with Crippen molar-refractivity contribution in [1.82, 2.24) is 9.80 Å². The topological polar surface area (TPSA) is 107 Å². The highest BCUT2D eigenvalue weighted by Crippen LogP contribution is 2.33. The molecule has 0 spiro atoms. The number of rotatable bonds is 10. The Bertz CT molecular complexity index is 2000. The van der Waals surface area contributed by atoms with E-state index in [1.807, 2.05) is 24.3 Å². The Morgan fingerprint density at radius 2 is 1.04 bits per heavy atom. The number of nitrogens with one attached hydrogen (secondary N) is 4. The summed E-state index contributed by atoms with van der Waals surface area (Å²) in [5.41, 5.74) is 7.69. The molecule has 0 saturated carbocycles. The number of hydrogen-bond acceptors (Lipinski definition) is 8. The Kier molecular flexibility index (Phi) is 12.1. The molecule has 2 amide bonds. The van der Waals surface area contributed by atoms with Gasteiger partial charge in [-0.05, 0) is 84.6 Å². The quantitative estimate of drug-likeness (QED) is 0.143. The molecular formula is C42H44F2N6O4. The van der Waals surface area contributed by atoms with Gasteiger partial charge in [0.25, 0.3) is 11.8 Å². The fraction of sp³-hybridized carbons (Fsp3) is 0.286. The molecule has 0 aliphatic carbocycles. The van der Waals surface area contributed by atoms with E-state index in [2.05, 4.69) is 55.3 Å². The number of nitrogens with zero attached hydrogens (tertiary/aromatic N) is 2. The third-order valence-electron chi connectivity index (χ3n) is 9.84. The second kappa shape index (κ2) is 17.6. The SMILES string of the molecule is O=C1Nc2cc(F)ccc2/C1=C/Nc1ccc(CCN2CCOCC2)cc1.O=C1Nc2ccc(F)cc2/C1=C/Nc1ccc(CCN2CCOCC2)cc1. The van der Waals surface area contributed by atoms with Crippen LogP contribution in [0.4, 0.5) is 31.5 Å². The fourth-order valence-electron chi connectivity index (χ4n) is 6.68. The maximum absolute atomic E-state index is 13.5. The molecule has 0 atom stereocenters. The van der Waals surface area contributed by atoms with Crippen LogP contribution in [-0.4, -0.2) is 87.3 Å². The predicted octanol–water partition coefficient (Wildman–Crippen LogP) is 6.21. The maximum atomic E-state index is 13.5. The highest BCUT2D eigenvalue weighted by atomic mass is 19.1. The number of hydrogen-bond donors (Lipinski definition) is 4. The van der Waals surface area contributed by atoms with Gasteiger partial charge in [0.2, 0.25) is 0 Å². The lowest BCUT2D eigenvalue weighted by molar-refractivity contribution is -0.111. The first-order valence-corrected chi connectivity index (χ1v) is 18.3. The molecule has 4 aliphatic rings. The molecule has 0 radical (unpaired) electrons. The number of ether oxygens (including phenoxy) is 2. The number of anilines is 4. The number of halogens is 2. The van der Waals surface area contributed by atoms with E-state index in [0.29, 0.717) is 33.6 Å². The molecule has 4 heterocycles. The minimum Gasteiger partial charge on any atom is -0.379 e. The van der Waals surface area contributed by atoms with Gasteiger partial charge >= 0.3 is 0 Å². The van der Waals surface area contributed by atoms with E-state index in [4.69, 9.17) is 9.47 Å². The highest BCUT2D eigenvalue weighted by Gasteiger charge is 2.25. The summed E-state index contributed by atoms with van der Waals surface area (Å²) in [5.74, 6) is -1.19. The van der Waals surface area contributed by atoms with Crippen molar-refractivity contribution >= 4 is 45.7 Å². The van der Waals surface area contributed by atoms with Gasteiger partial charge in [-0.15, -0.1) is 0 Å². The summed E-state index contributed by atoms with van der Waals surface area (Å²) in [4.78, 5) is 29.0. The summed E-state index contributed by atoms with van der Waals surface area (Å²) in [6.07, 6.45) is 5.30. The largest absolute Gasteiger partial charge is 0.379 e. The van der Waals surface area contributed by atoms with Gasteiger partial charge in [0.05, 0.1) is 43.3 Å². The zero-order chi connectivity index (χ0) is 37.3. The Morgan fingerprint density at radius 3 is 1.57 bits per heavy atom. The Balaban J connectivity index is 0.000000167. The molecule has 280 valence electrons. The van der Waals surface area contributed by atoms with Crippen molar-refractivity contribution in [2.75, 3.05) is 87.0 Å². The van der Waals surface area contributed by atoms with E-state index >= 15 is 0 Å². The highest BCUT2D eigenvalue weighted by molar-refractivity contribution is 6.32. The zero-order valence-electron chi connectivity index (χ0n) is 30.0. The van der Waals surface area contributed by atoms with Crippen LogP contribution in [0, 0.1) is 11.6 Å². The Hall–Kier alpha value is -5.40. The Labute approximate surface area is 313 Å². The van der Waals surface area contributed by atoms with E-state index in [1.54, 1.807) is 24.5 Å². The van der Waals surface area contributed by atoms with Crippen LogP contribution < -0.4 is 21.3 Å². The fourth-order valence-corrected chi connectivity index (χ4v) is 6.68. The van der Waals surface area contributed by atoms with Crippen LogP contribution in [-0.2, 0) is 31.9 Å². The summed E-state index contributed by atoms with van der Waals surface area (Å²) in [6, 6.07) is 24.9. The van der Waals surface area contributed by atoms with Crippen LogP contribution in [0.3, 0.4) is 0 Å². The van der Waals surface area contributed by atoms with Gasteiger partial charge in [0.15, 0.2) is 0 Å². The summed E-state index contributed by atoms with van der Waals surface area (Å²) >= 11 is 0. The van der Waals surface area contributed by atoms with Crippen LogP contribution in [0.25, 0.3) is 11.1 Å². The molecular weight excluding hydrogens is 690 g/mol. The molecule has 4 N–H and O–H groups in total. The van der Waals surface area contributed by atoms with Crippen LogP contribution in [0.1, 0.15) is 22.3 Å². The van der Waals surface area contributed by atoms with Crippen LogP contribution in [0.2, 0.25) is 0 Å². The van der Waals surface area contributed by atoms with Gasteiger partial charge in [0, 0.05) is 79.9 Å².